The highest BCUT2D eigenvalue weighted by molar-refractivity contribution is 6.32. The van der Waals surface area contributed by atoms with Crippen LogP contribution >= 0.6 is 23.2 Å². The van der Waals surface area contributed by atoms with Crippen molar-refractivity contribution in [3.8, 4) is 11.6 Å². The van der Waals surface area contributed by atoms with Crippen molar-refractivity contribution in [3.63, 3.8) is 0 Å². The van der Waals surface area contributed by atoms with E-state index in [2.05, 4.69) is 4.98 Å². The van der Waals surface area contributed by atoms with Gasteiger partial charge in [-0.15, -0.1) is 0 Å². The van der Waals surface area contributed by atoms with Crippen molar-refractivity contribution in [2.45, 2.75) is 19.9 Å². The van der Waals surface area contributed by atoms with Crippen LogP contribution in [-0.2, 0) is 13.0 Å². The number of ether oxygens (including phenoxy) is 1. The van der Waals surface area contributed by atoms with Gasteiger partial charge in [-0.3, -0.25) is 0 Å². The van der Waals surface area contributed by atoms with Crippen LogP contribution in [0.5, 0.6) is 11.6 Å². The summed E-state index contributed by atoms with van der Waals surface area (Å²) in [6.07, 6.45) is 2.46. The van der Waals surface area contributed by atoms with Gasteiger partial charge in [0.05, 0.1) is 0 Å². The quantitative estimate of drug-likeness (QED) is 0.920. The SMILES string of the molecule is CCc1cc(Oc2nccc(CN)c2Cl)ccc1Cl. The van der Waals surface area contributed by atoms with Crippen molar-refractivity contribution in [2.24, 2.45) is 5.73 Å². The second-order valence-electron chi connectivity index (χ2n) is 4.00. The summed E-state index contributed by atoms with van der Waals surface area (Å²) in [4.78, 5) is 4.12. The number of hydrogen-bond acceptors (Lipinski definition) is 3. The second-order valence-corrected chi connectivity index (χ2v) is 4.79. The fourth-order valence-corrected chi connectivity index (χ4v) is 2.17. The van der Waals surface area contributed by atoms with Gasteiger partial charge in [0.2, 0.25) is 5.88 Å². The zero-order valence-electron chi connectivity index (χ0n) is 10.5. The first-order valence-electron chi connectivity index (χ1n) is 5.95. The normalized spacial score (nSPS) is 10.5. The molecule has 0 fully saturated rings. The monoisotopic (exact) mass is 296 g/mol. The molecular formula is C14H14Cl2N2O. The molecule has 1 aromatic carbocycles. The van der Waals surface area contributed by atoms with E-state index in [1.165, 1.54) is 0 Å². The molecule has 1 aromatic heterocycles. The highest BCUT2D eigenvalue weighted by Crippen LogP contribution is 2.31. The van der Waals surface area contributed by atoms with Crippen LogP contribution in [0.3, 0.4) is 0 Å². The summed E-state index contributed by atoms with van der Waals surface area (Å²) >= 11 is 12.2. The zero-order chi connectivity index (χ0) is 13.8. The van der Waals surface area contributed by atoms with E-state index in [0.717, 1.165) is 22.6 Å². The van der Waals surface area contributed by atoms with E-state index in [-0.39, 0.29) is 0 Å². The van der Waals surface area contributed by atoms with Crippen molar-refractivity contribution in [3.05, 3.63) is 51.6 Å². The minimum Gasteiger partial charge on any atom is -0.438 e. The van der Waals surface area contributed by atoms with Crippen LogP contribution in [0.25, 0.3) is 0 Å². The fourth-order valence-electron chi connectivity index (χ4n) is 1.69. The molecule has 1 heterocycles. The Bertz CT molecular complexity index is 588. The molecule has 0 atom stereocenters. The van der Waals surface area contributed by atoms with Gasteiger partial charge >= 0.3 is 0 Å². The number of halogens is 2. The van der Waals surface area contributed by atoms with Gasteiger partial charge in [0.15, 0.2) is 0 Å². The lowest BCUT2D eigenvalue weighted by Gasteiger charge is -2.10. The first-order chi connectivity index (χ1) is 9.15. The molecule has 2 aromatic rings. The number of rotatable bonds is 4. The van der Waals surface area contributed by atoms with E-state index in [1.54, 1.807) is 24.4 Å². The summed E-state index contributed by atoms with van der Waals surface area (Å²) in [5, 5.41) is 1.17. The zero-order valence-corrected chi connectivity index (χ0v) is 12.0. The number of pyridine rings is 1. The van der Waals surface area contributed by atoms with Gasteiger partial charge < -0.3 is 10.5 Å². The van der Waals surface area contributed by atoms with E-state index in [9.17, 15) is 0 Å². The molecule has 0 amide bonds. The van der Waals surface area contributed by atoms with E-state index in [0.29, 0.717) is 23.2 Å². The number of aryl methyl sites for hydroxylation is 1. The maximum absolute atomic E-state index is 6.17. The van der Waals surface area contributed by atoms with Gasteiger partial charge in [0, 0.05) is 17.8 Å². The average molecular weight is 297 g/mol. The van der Waals surface area contributed by atoms with Gasteiger partial charge in [-0.05, 0) is 41.8 Å². The fraction of sp³-hybridized carbons (Fsp3) is 0.214. The third kappa shape index (κ3) is 3.18. The highest BCUT2D eigenvalue weighted by atomic mass is 35.5. The summed E-state index contributed by atoms with van der Waals surface area (Å²) in [5.74, 6) is 1.01. The highest BCUT2D eigenvalue weighted by Gasteiger charge is 2.09. The summed E-state index contributed by atoms with van der Waals surface area (Å²) < 4.78 is 5.69. The van der Waals surface area contributed by atoms with Crippen LogP contribution in [0, 0.1) is 0 Å². The Hall–Kier alpha value is -1.29. The molecule has 0 saturated heterocycles. The molecule has 100 valence electrons. The van der Waals surface area contributed by atoms with Gasteiger partial charge in [-0.2, -0.15) is 0 Å². The summed E-state index contributed by atoms with van der Waals surface area (Å²) in [6.45, 7) is 2.38. The largest absolute Gasteiger partial charge is 0.438 e. The van der Waals surface area contributed by atoms with Gasteiger partial charge in [-0.25, -0.2) is 4.98 Å². The van der Waals surface area contributed by atoms with Crippen molar-refractivity contribution in [1.82, 2.24) is 4.98 Å². The lowest BCUT2D eigenvalue weighted by Crippen LogP contribution is -1.99. The number of hydrogen-bond donors (Lipinski definition) is 1. The van der Waals surface area contributed by atoms with Crippen LogP contribution < -0.4 is 10.5 Å². The van der Waals surface area contributed by atoms with E-state index in [1.807, 2.05) is 13.0 Å². The molecule has 19 heavy (non-hydrogen) atoms. The molecule has 2 N–H and O–H groups in total. The van der Waals surface area contributed by atoms with Gasteiger partial charge in [0.25, 0.3) is 0 Å². The molecule has 0 aliphatic carbocycles. The van der Waals surface area contributed by atoms with Crippen LogP contribution in [0.2, 0.25) is 10.0 Å². The lowest BCUT2D eigenvalue weighted by molar-refractivity contribution is 0.462. The van der Waals surface area contributed by atoms with Gasteiger partial charge in [0.1, 0.15) is 10.8 Å². The van der Waals surface area contributed by atoms with Crippen molar-refractivity contribution < 1.29 is 4.74 Å². The summed E-state index contributed by atoms with van der Waals surface area (Å²) in [5.41, 5.74) is 7.41. The molecular weight excluding hydrogens is 283 g/mol. The van der Waals surface area contributed by atoms with E-state index < -0.39 is 0 Å². The Kier molecular flexibility index (Phi) is 4.64. The van der Waals surface area contributed by atoms with E-state index in [4.69, 9.17) is 33.7 Å². The van der Waals surface area contributed by atoms with Crippen LogP contribution in [0.15, 0.2) is 30.5 Å². The minimum absolute atomic E-state index is 0.346. The van der Waals surface area contributed by atoms with Crippen molar-refractivity contribution in [2.75, 3.05) is 0 Å². The first kappa shape index (κ1) is 14.1. The predicted molar refractivity (Wildman–Crippen MR) is 78.0 cm³/mol. The molecule has 3 nitrogen and oxygen atoms in total. The average Bonchev–Trinajstić information content (AvgIpc) is 2.43. The number of benzene rings is 1. The molecule has 0 aliphatic rings. The topological polar surface area (TPSA) is 48.1 Å². The molecule has 0 saturated carbocycles. The van der Waals surface area contributed by atoms with Crippen LogP contribution in [0.4, 0.5) is 0 Å². The van der Waals surface area contributed by atoms with Crippen LogP contribution in [-0.4, -0.2) is 4.98 Å². The van der Waals surface area contributed by atoms with Crippen LogP contribution in [0.1, 0.15) is 18.1 Å². The van der Waals surface area contributed by atoms with E-state index >= 15 is 0 Å². The second kappa shape index (κ2) is 6.24. The Morgan fingerprint density at radius 2 is 2.00 bits per heavy atom. The third-order valence-corrected chi connectivity index (χ3v) is 3.54. The smallest absolute Gasteiger partial charge is 0.238 e. The lowest BCUT2D eigenvalue weighted by atomic mass is 10.1. The predicted octanol–water partition coefficient (Wildman–Crippen LogP) is 4.20. The molecule has 0 aliphatic heterocycles. The third-order valence-electron chi connectivity index (χ3n) is 2.77. The Morgan fingerprint density at radius 3 is 2.68 bits per heavy atom. The molecule has 0 radical (unpaired) electrons. The number of nitrogens with two attached hydrogens (primary N) is 1. The first-order valence-corrected chi connectivity index (χ1v) is 6.71. The van der Waals surface area contributed by atoms with Gasteiger partial charge in [-0.1, -0.05) is 30.1 Å². The number of aromatic nitrogens is 1. The molecule has 0 bridgehead atoms. The molecule has 0 unspecified atom stereocenters. The minimum atomic E-state index is 0.346. The molecule has 2 rings (SSSR count). The summed E-state index contributed by atoms with van der Waals surface area (Å²) in [7, 11) is 0. The van der Waals surface area contributed by atoms with Crippen molar-refractivity contribution >= 4 is 23.2 Å². The summed E-state index contributed by atoms with van der Waals surface area (Å²) in [6, 6.07) is 7.25. The Morgan fingerprint density at radius 1 is 1.21 bits per heavy atom. The molecule has 0 spiro atoms. The van der Waals surface area contributed by atoms with Crippen molar-refractivity contribution in [1.29, 1.82) is 0 Å². The standard InChI is InChI=1S/C14H14Cl2N2O/c1-2-9-7-11(3-4-12(9)15)19-14-13(16)10(8-17)5-6-18-14/h3-7H,2,8,17H2,1H3. The number of nitrogens with zero attached hydrogens (tertiary/aromatic N) is 1. The Labute approximate surface area is 122 Å². The maximum Gasteiger partial charge on any atom is 0.238 e. The molecule has 5 heteroatoms. The maximum atomic E-state index is 6.17. The Balaban J connectivity index is 2.31.